The number of nitrogens with zero attached hydrogens (tertiary/aromatic N) is 4. The fourth-order valence-electron chi connectivity index (χ4n) is 6.07. The largest absolute Gasteiger partial charge is 0.461 e. The number of esters is 1. The summed E-state index contributed by atoms with van der Waals surface area (Å²) in [5.74, 6) is -0.998. The number of thiazole rings is 1. The number of benzene rings is 2. The zero-order valence-corrected chi connectivity index (χ0v) is 29.4. The molecule has 2 aliphatic rings. The molecular formula is C36H42FN7O5S. The van der Waals surface area contributed by atoms with Gasteiger partial charge < -0.3 is 25.4 Å². The van der Waals surface area contributed by atoms with Gasteiger partial charge in [-0.15, -0.1) is 0 Å². The molecule has 0 spiro atoms. The molecule has 3 heterocycles. The number of carbonyl (C=O) groups excluding carboxylic acids is 3. The standard InChI is InChI=1S/C36H42FN7O5S/c1-36(2,3)49-35(47)42-32-29(41-31(50-32)25-14-8-13-24(28(25)37)22-15-16-22)30(45)40-26-19-39-43(4)33(26)44-17-9-12-23(18-27(44)38)34(46)48-20-21-10-6-5-7-11-21/h5-8,10-11,13-14,19,22-23,27H,9,12,15-18,20,38H2,1-4H3,(H,40,45)(H,42,47)/t23?,27-/m1/s1. The van der Waals surface area contributed by atoms with Gasteiger partial charge in [0.1, 0.15) is 33.7 Å². The van der Waals surface area contributed by atoms with E-state index in [0.29, 0.717) is 42.9 Å². The number of ether oxygens (including phenoxy) is 2. The third-order valence-corrected chi connectivity index (χ3v) is 9.60. The first-order valence-corrected chi connectivity index (χ1v) is 17.6. The van der Waals surface area contributed by atoms with Gasteiger partial charge >= 0.3 is 12.1 Å². The number of aryl methyl sites for hydroxylation is 1. The second-order valence-electron chi connectivity index (χ2n) is 13.7. The molecule has 4 N–H and O–H groups in total. The molecule has 1 saturated carbocycles. The average molecular weight is 704 g/mol. The van der Waals surface area contributed by atoms with Gasteiger partial charge in [0.2, 0.25) is 0 Å². The number of hydrogen-bond acceptors (Lipinski definition) is 10. The number of nitrogens with two attached hydrogens (primary N) is 1. The summed E-state index contributed by atoms with van der Waals surface area (Å²) in [7, 11) is 1.74. The van der Waals surface area contributed by atoms with Gasteiger partial charge in [-0.1, -0.05) is 53.8 Å². The number of nitrogens with one attached hydrogen (secondary N) is 2. The van der Waals surface area contributed by atoms with Gasteiger partial charge in [-0.25, -0.2) is 14.2 Å². The second kappa shape index (κ2) is 14.6. The molecule has 2 fully saturated rings. The number of anilines is 3. The molecule has 0 bridgehead atoms. The second-order valence-corrected chi connectivity index (χ2v) is 14.7. The van der Waals surface area contributed by atoms with Crippen molar-refractivity contribution in [3.8, 4) is 10.6 Å². The number of amides is 2. The predicted molar refractivity (Wildman–Crippen MR) is 189 cm³/mol. The van der Waals surface area contributed by atoms with Crippen LogP contribution in [-0.2, 0) is 27.9 Å². The number of rotatable bonds is 9. The smallest absolute Gasteiger partial charge is 0.412 e. The summed E-state index contributed by atoms with van der Waals surface area (Å²) in [4.78, 5) is 46.2. The van der Waals surface area contributed by atoms with Crippen LogP contribution in [0.5, 0.6) is 0 Å². The average Bonchev–Trinajstić information content (AvgIpc) is 3.78. The first-order valence-electron chi connectivity index (χ1n) is 16.7. The normalized spacial score (nSPS) is 17.9. The summed E-state index contributed by atoms with van der Waals surface area (Å²) >= 11 is 0.988. The molecule has 0 radical (unpaired) electrons. The quantitative estimate of drug-likeness (QED) is 0.160. The van der Waals surface area contributed by atoms with Gasteiger partial charge in [-0.2, -0.15) is 5.10 Å². The van der Waals surface area contributed by atoms with E-state index in [9.17, 15) is 14.4 Å². The molecule has 2 amide bonds. The summed E-state index contributed by atoms with van der Waals surface area (Å²) in [6.07, 6.45) is 3.59. The van der Waals surface area contributed by atoms with E-state index in [1.807, 2.05) is 35.2 Å². The summed E-state index contributed by atoms with van der Waals surface area (Å²) in [5, 5.41) is 10.3. The lowest BCUT2D eigenvalue weighted by Crippen LogP contribution is -2.44. The molecule has 1 aliphatic heterocycles. The van der Waals surface area contributed by atoms with Gasteiger partial charge in [-0.05, 0) is 76.0 Å². The molecule has 264 valence electrons. The first-order chi connectivity index (χ1) is 23.9. The van der Waals surface area contributed by atoms with Crippen molar-refractivity contribution in [2.45, 2.75) is 77.2 Å². The van der Waals surface area contributed by atoms with Gasteiger partial charge in [0.05, 0.1) is 18.3 Å². The minimum atomic E-state index is -0.793. The molecular weight excluding hydrogens is 662 g/mol. The molecule has 1 saturated heterocycles. The molecule has 12 nitrogen and oxygen atoms in total. The fourth-order valence-corrected chi connectivity index (χ4v) is 7.04. The van der Waals surface area contributed by atoms with E-state index >= 15 is 4.39 Å². The van der Waals surface area contributed by atoms with Crippen LogP contribution >= 0.6 is 11.3 Å². The Balaban J connectivity index is 1.22. The molecule has 2 atom stereocenters. The zero-order chi connectivity index (χ0) is 35.6. The molecule has 6 rings (SSSR count). The van der Waals surface area contributed by atoms with Crippen molar-refractivity contribution >= 4 is 45.8 Å². The highest BCUT2D eigenvalue weighted by atomic mass is 32.1. The third-order valence-electron chi connectivity index (χ3n) is 8.60. The highest BCUT2D eigenvalue weighted by molar-refractivity contribution is 7.19. The van der Waals surface area contributed by atoms with E-state index < -0.39 is 29.7 Å². The number of aromatic nitrogens is 3. The molecule has 2 aromatic heterocycles. The first kappa shape index (κ1) is 35.0. The van der Waals surface area contributed by atoms with Crippen molar-refractivity contribution in [2.75, 3.05) is 22.1 Å². The summed E-state index contributed by atoms with van der Waals surface area (Å²) in [5.41, 5.74) is 7.92. The Hall–Kier alpha value is -4.82. The van der Waals surface area contributed by atoms with E-state index in [0.717, 1.165) is 29.7 Å². The Labute approximate surface area is 294 Å². The molecule has 1 unspecified atom stereocenters. The van der Waals surface area contributed by atoms with Crippen LogP contribution < -0.4 is 21.3 Å². The molecule has 2 aromatic carbocycles. The van der Waals surface area contributed by atoms with Crippen LogP contribution in [0.1, 0.15) is 80.4 Å². The monoisotopic (exact) mass is 703 g/mol. The highest BCUT2D eigenvalue weighted by Gasteiger charge is 2.33. The van der Waals surface area contributed by atoms with Crippen LogP contribution in [0.3, 0.4) is 0 Å². The Bertz CT molecular complexity index is 1870. The van der Waals surface area contributed by atoms with Crippen LogP contribution in [0.2, 0.25) is 0 Å². The lowest BCUT2D eigenvalue weighted by Gasteiger charge is -2.30. The number of halogens is 1. The van der Waals surface area contributed by atoms with Crippen LogP contribution in [0.15, 0.2) is 54.7 Å². The van der Waals surface area contributed by atoms with Crippen molar-refractivity contribution < 1.29 is 28.2 Å². The number of carbonyl (C=O) groups is 3. The van der Waals surface area contributed by atoms with Gasteiger partial charge in [-0.3, -0.25) is 19.6 Å². The van der Waals surface area contributed by atoms with Crippen LogP contribution in [-0.4, -0.2) is 51.0 Å². The number of hydrogen-bond donors (Lipinski definition) is 3. The minimum Gasteiger partial charge on any atom is -0.461 e. The topological polar surface area (TPSA) is 154 Å². The van der Waals surface area contributed by atoms with Gasteiger partial charge in [0, 0.05) is 19.2 Å². The maximum absolute atomic E-state index is 15.6. The Kier molecular flexibility index (Phi) is 10.2. The highest BCUT2D eigenvalue weighted by Crippen LogP contribution is 2.44. The Morgan fingerprint density at radius 1 is 1.06 bits per heavy atom. The van der Waals surface area contributed by atoms with E-state index in [1.165, 1.54) is 6.20 Å². The third kappa shape index (κ3) is 8.13. The van der Waals surface area contributed by atoms with Gasteiger partial charge in [0.25, 0.3) is 5.91 Å². The van der Waals surface area contributed by atoms with Gasteiger partial charge in [0.15, 0.2) is 11.5 Å². The van der Waals surface area contributed by atoms with Crippen molar-refractivity contribution in [2.24, 2.45) is 18.7 Å². The summed E-state index contributed by atoms with van der Waals surface area (Å²) < 4.78 is 28.3. The maximum Gasteiger partial charge on any atom is 0.412 e. The molecule has 4 aromatic rings. The Morgan fingerprint density at radius 2 is 1.82 bits per heavy atom. The van der Waals surface area contributed by atoms with Crippen molar-refractivity contribution in [3.05, 3.63) is 77.4 Å². The van der Waals surface area contributed by atoms with E-state index in [2.05, 4.69) is 20.7 Å². The fraction of sp³-hybridized carbons (Fsp3) is 0.417. The van der Waals surface area contributed by atoms with Crippen LogP contribution in [0.25, 0.3) is 10.6 Å². The predicted octanol–water partition coefficient (Wildman–Crippen LogP) is 6.79. The van der Waals surface area contributed by atoms with E-state index in [4.69, 9.17) is 15.2 Å². The van der Waals surface area contributed by atoms with Crippen molar-refractivity contribution in [3.63, 3.8) is 0 Å². The summed E-state index contributed by atoms with van der Waals surface area (Å²) in [6, 6.07) is 14.7. The molecule has 1 aliphatic carbocycles. The Morgan fingerprint density at radius 3 is 2.54 bits per heavy atom. The minimum absolute atomic E-state index is 0.108. The van der Waals surface area contributed by atoms with E-state index in [-0.39, 0.29) is 45.6 Å². The lowest BCUT2D eigenvalue weighted by atomic mass is 10.00. The van der Waals surface area contributed by atoms with Crippen molar-refractivity contribution in [1.82, 2.24) is 14.8 Å². The van der Waals surface area contributed by atoms with Crippen LogP contribution in [0, 0.1) is 11.7 Å². The maximum atomic E-state index is 15.6. The molecule has 14 heteroatoms. The van der Waals surface area contributed by atoms with Crippen molar-refractivity contribution in [1.29, 1.82) is 0 Å². The lowest BCUT2D eigenvalue weighted by molar-refractivity contribution is -0.150. The molecule has 50 heavy (non-hydrogen) atoms. The zero-order valence-electron chi connectivity index (χ0n) is 28.6. The van der Waals surface area contributed by atoms with E-state index in [1.54, 1.807) is 50.7 Å². The summed E-state index contributed by atoms with van der Waals surface area (Å²) in [6.45, 7) is 5.88. The SMILES string of the molecule is Cn1ncc(NC(=O)c2nc(-c3cccc(C4CC4)c3F)sc2NC(=O)OC(C)(C)C)c1N1CCCC(C(=O)OCc2ccccc2)C[C@@H]1N. The van der Waals surface area contributed by atoms with Crippen LogP contribution in [0.4, 0.5) is 25.7 Å².